The van der Waals surface area contributed by atoms with E-state index in [1.165, 1.54) is 0 Å². The highest BCUT2D eigenvalue weighted by atomic mass is 19.4. The van der Waals surface area contributed by atoms with Gasteiger partial charge >= 0.3 is 12.1 Å². The van der Waals surface area contributed by atoms with Crippen molar-refractivity contribution in [2.75, 3.05) is 32.8 Å². The molecule has 0 amide bonds. The molecule has 0 aromatic heterocycles. The van der Waals surface area contributed by atoms with E-state index < -0.39 is 18.0 Å². The zero-order valence-electron chi connectivity index (χ0n) is 15.8. The Morgan fingerprint density at radius 1 is 1.26 bits per heavy atom. The number of esters is 1. The molecule has 1 atom stereocenters. The minimum Gasteiger partial charge on any atom is -0.494 e. The second kappa shape index (κ2) is 9.97. The van der Waals surface area contributed by atoms with E-state index in [4.69, 9.17) is 9.47 Å². The molecule has 1 aromatic rings. The smallest absolute Gasteiger partial charge is 0.389 e. The molecule has 0 spiro atoms. The average molecular weight is 387 g/mol. The third kappa shape index (κ3) is 7.05. The van der Waals surface area contributed by atoms with Gasteiger partial charge in [-0.3, -0.25) is 4.79 Å². The zero-order valence-corrected chi connectivity index (χ0v) is 15.8. The Morgan fingerprint density at radius 3 is 2.67 bits per heavy atom. The molecule has 1 aliphatic heterocycles. The summed E-state index contributed by atoms with van der Waals surface area (Å²) in [6.07, 6.45) is -2.99. The van der Waals surface area contributed by atoms with E-state index in [0.29, 0.717) is 39.1 Å². The van der Waals surface area contributed by atoms with Crippen LogP contribution in [0.2, 0.25) is 0 Å². The summed E-state index contributed by atoms with van der Waals surface area (Å²) in [4.78, 5) is 14.6. The van der Waals surface area contributed by atoms with Gasteiger partial charge in [-0.1, -0.05) is 18.2 Å². The van der Waals surface area contributed by atoms with Crippen LogP contribution in [-0.4, -0.2) is 49.9 Å². The van der Waals surface area contributed by atoms with Gasteiger partial charge in [0.05, 0.1) is 18.6 Å². The number of piperidine rings is 1. The SMILES string of the molecule is CCOC(=O)[C@]1(CCOc2ccccc2)CCCN(CCCC(F)(F)F)C1. The van der Waals surface area contributed by atoms with Crippen molar-refractivity contribution in [3.8, 4) is 5.75 Å². The van der Waals surface area contributed by atoms with Crippen LogP contribution in [0, 0.1) is 5.41 Å². The second-order valence-corrected chi connectivity index (χ2v) is 7.01. The molecule has 0 aliphatic carbocycles. The highest BCUT2D eigenvalue weighted by molar-refractivity contribution is 5.77. The Balaban J connectivity index is 1.96. The van der Waals surface area contributed by atoms with Crippen molar-refractivity contribution in [1.82, 2.24) is 4.90 Å². The maximum atomic E-state index is 12.7. The van der Waals surface area contributed by atoms with Crippen LogP contribution < -0.4 is 4.74 Å². The first kappa shape index (κ1) is 21.5. The Hall–Kier alpha value is -1.76. The summed E-state index contributed by atoms with van der Waals surface area (Å²) in [5, 5.41) is 0. The molecule has 0 radical (unpaired) electrons. The molecular formula is C20H28F3NO3. The second-order valence-electron chi connectivity index (χ2n) is 7.01. The third-order valence-corrected chi connectivity index (χ3v) is 4.89. The molecule has 4 nitrogen and oxygen atoms in total. The van der Waals surface area contributed by atoms with Crippen LogP contribution in [0.25, 0.3) is 0 Å². The Morgan fingerprint density at radius 2 is 2.00 bits per heavy atom. The Labute approximate surface area is 158 Å². The van der Waals surface area contributed by atoms with Crippen LogP contribution in [0.3, 0.4) is 0 Å². The number of benzene rings is 1. The summed E-state index contributed by atoms with van der Waals surface area (Å²) in [5.74, 6) is 0.455. The van der Waals surface area contributed by atoms with Gasteiger partial charge in [-0.2, -0.15) is 13.2 Å². The molecule has 1 fully saturated rings. The van der Waals surface area contributed by atoms with Gasteiger partial charge in [0, 0.05) is 13.0 Å². The quantitative estimate of drug-likeness (QED) is 0.587. The minimum absolute atomic E-state index is 0.0446. The molecule has 0 unspecified atom stereocenters. The van der Waals surface area contributed by atoms with Gasteiger partial charge in [0.1, 0.15) is 5.75 Å². The number of carbonyl (C=O) groups excluding carboxylic acids is 1. The van der Waals surface area contributed by atoms with E-state index in [1.807, 2.05) is 35.2 Å². The first-order valence-corrected chi connectivity index (χ1v) is 9.49. The molecule has 0 saturated carbocycles. The number of ether oxygens (including phenoxy) is 2. The average Bonchev–Trinajstić information content (AvgIpc) is 2.62. The van der Waals surface area contributed by atoms with E-state index >= 15 is 0 Å². The molecule has 1 aromatic carbocycles. The lowest BCUT2D eigenvalue weighted by Gasteiger charge is -2.41. The first-order valence-electron chi connectivity index (χ1n) is 9.49. The lowest BCUT2D eigenvalue weighted by atomic mass is 9.77. The molecule has 27 heavy (non-hydrogen) atoms. The van der Waals surface area contributed by atoms with Gasteiger partial charge in [0.25, 0.3) is 0 Å². The Kier molecular flexibility index (Phi) is 7.95. The molecule has 1 aliphatic rings. The van der Waals surface area contributed by atoms with E-state index in [0.717, 1.165) is 12.2 Å². The monoisotopic (exact) mass is 387 g/mol. The molecule has 0 bridgehead atoms. The molecular weight excluding hydrogens is 359 g/mol. The number of likely N-dealkylation sites (tertiary alicyclic amines) is 1. The van der Waals surface area contributed by atoms with Crippen LogP contribution in [0.15, 0.2) is 30.3 Å². The van der Waals surface area contributed by atoms with Gasteiger partial charge in [-0.15, -0.1) is 0 Å². The number of rotatable bonds is 9. The van der Waals surface area contributed by atoms with E-state index in [1.54, 1.807) is 6.92 Å². The van der Waals surface area contributed by atoms with Crippen molar-refractivity contribution < 1.29 is 27.4 Å². The van der Waals surface area contributed by atoms with Crippen molar-refractivity contribution in [3.05, 3.63) is 30.3 Å². The van der Waals surface area contributed by atoms with Crippen molar-refractivity contribution in [2.24, 2.45) is 5.41 Å². The van der Waals surface area contributed by atoms with Crippen LogP contribution >= 0.6 is 0 Å². The topological polar surface area (TPSA) is 38.8 Å². The molecule has 0 N–H and O–H groups in total. The lowest BCUT2D eigenvalue weighted by molar-refractivity contribution is -0.161. The highest BCUT2D eigenvalue weighted by Gasteiger charge is 2.43. The number of hydrogen-bond donors (Lipinski definition) is 0. The lowest BCUT2D eigenvalue weighted by Crippen LogP contribution is -2.49. The van der Waals surface area contributed by atoms with Gasteiger partial charge < -0.3 is 14.4 Å². The number of carbonyl (C=O) groups is 1. The number of hydrogen-bond acceptors (Lipinski definition) is 4. The van der Waals surface area contributed by atoms with Gasteiger partial charge in [-0.25, -0.2) is 0 Å². The maximum absolute atomic E-state index is 12.7. The number of alkyl halides is 3. The van der Waals surface area contributed by atoms with Crippen molar-refractivity contribution in [1.29, 1.82) is 0 Å². The number of para-hydroxylation sites is 1. The summed E-state index contributed by atoms with van der Waals surface area (Å²) < 4.78 is 48.3. The molecule has 152 valence electrons. The molecule has 2 rings (SSSR count). The molecule has 7 heteroatoms. The number of nitrogens with zero attached hydrogens (tertiary/aromatic N) is 1. The summed E-state index contributed by atoms with van der Waals surface area (Å²) >= 11 is 0. The van der Waals surface area contributed by atoms with Crippen molar-refractivity contribution >= 4 is 5.97 Å². The Bertz CT molecular complexity index is 580. The van der Waals surface area contributed by atoms with Crippen LogP contribution in [0.1, 0.15) is 39.0 Å². The van der Waals surface area contributed by atoms with Gasteiger partial charge in [-0.05, 0) is 57.8 Å². The summed E-state index contributed by atoms with van der Waals surface area (Å²) in [7, 11) is 0. The fourth-order valence-electron chi connectivity index (χ4n) is 3.56. The van der Waals surface area contributed by atoms with E-state index in [9.17, 15) is 18.0 Å². The predicted molar refractivity (Wildman–Crippen MR) is 96.6 cm³/mol. The maximum Gasteiger partial charge on any atom is 0.389 e. The minimum atomic E-state index is -4.14. The fraction of sp³-hybridized carbons (Fsp3) is 0.650. The van der Waals surface area contributed by atoms with Crippen LogP contribution in [0.5, 0.6) is 5.75 Å². The highest BCUT2D eigenvalue weighted by Crippen LogP contribution is 2.35. The summed E-state index contributed by atoms with van der Waals surface area (Å²) in [6.45, 7) is 3.87. The van der Waals surface area contributed by atoms with Gasteiger partial charge in [0.2, 0.25) is 0 Å². The largest absolute Gasteiger partial charge is 0.494 e. The number of halogens is 3. The standard InChI is InChI=1S/C20H28F3NO3/c1-2-26-18(25)19(12-15-27-17-8-4-3-5-9-17)10-6-13-24(16-19)14-7-11-20(21,22)23/h3-5,8-9H,2,6-7,10-16H2,1H3/t19-/m0/s1. The predicted octanol–water partition coefficient (Wildman–Crippen LogP) is 4.44. The van der Waals surface area contributed by atoms with Crippen molar-refractivity contribution in [2.45, 2.75) is 45.2 Å². The van der Waals surface area contributed by atoms with E-state index in [-0.39, 0.29) is 19.0 Å². The van der Waals surface area contributed by atoms with Crippen molar-refractivity contribution in [3.63, 3.8) is 0 Å². The zero-order chi connectivity index (χ0) is 19.8. The van der Waals surface area contributed by atoms with Crippen LogP contribution in [0.4, 0.5) is 13.2 Å². The molecule has 1 heterocycles. The van der Waals surface area contributed by atoms with Gasteiger partial charge in [0.15, 0.2) is 0 Å². The summed E-state index contributed by atoms with van der Waals surface area (Å²) in [5.41, 5.74) is -0.721. The third-order valence-electron chi connectivity index (χ3n) is 4.89. The first-order chi connectivity index (χ1) is 12.8. The van der Waals surface area contributed by atoms with E-state index in [2.05, 4.69) is 0 Å². The summed E-state index contributed by atoms with van der Waals surface area (Å²) in [6, 6.07) is 9.34. The normalized spacial score (nSPS) is 21.0. The molecule has 1 saturated heterocycles. The fourth-order valence-corrected chi connectivity index (χ4v) is 3.56. The van der Waals surface area contributed by atoms with Crippen LogP contribution in [-0.2, 0) is 9.53 Å².